The van der Waals surface area contributed by atoms with Crippen molar-refractivity contribution in [1.29, 1.82) is 0 Å². The monoisotopic (exact) mass is 406 g/mol. The first-order valence-electron chi connectivity index (χ1n) is 7.49. The first-order chi connectivity index (χ1) is 12.4. The maximum Gasteiger partial charge on any atom is 0.294 e. The topological polar surface area (TPSA) is 66.5 Å². The van der Waals surface area contributed by atoms with Crippen molar-refractivity contribution in [2.45, 2.75) is 0 Å². The third-order valence-electron chi connectivity index (χ3n) is 3.49. The van der Waals surface area contributed by atoms with Gasteiger partial charge in [0, 0.05) is 5.02 Å². The number of nitrogens with one attached hydrogen (secondary N) is 1. The number of carbonyl (C=O) groups excluding carboxylic acids is 3. The van der Waals surface area contributed by atoms with Crippen LogP contribution in [0.5, 0.6) is 0 Å². The van der Waals surface area contributed by atoms with E-state index in [0.717, 1.165) is 22.2 Å². The maximum atomic E-state index is 12.4. The van der Waals surface area contributed by atoms with Gasteiger partial charge in [0.15, 0.2) is 0 Å². The Balaban J connectivity index is 1.70. The van der Waals surface area contributed by atoms with Crippen LogP contribution in [-0.4, -0.2) is 28.5 Å². The van der Waals surface area contributed by atoms with Crippen LogP contribution in [0.1, 0.15) is 5.56 Å². The minimum absolute atomic E-state index is 0.253. The SMILES string of the molecule is O=C(CN1C(=O)S/C(=C\c2ccc(Cl)cc2)C1=O)Nc1ccccc1Cl. The number of nitrogens with zero attached hydrogens (tertiary/aromatic N) is 1. The number of anilines is 1. The lowest BCUT2D eigenvalue weighted by molar-refractivity contribution is -0.127. The number of benzene rings is 2. The number of thioether (sulfide) groups is 1. The number of carbonyl (C=O) groups is 3. The maximum absolute atomic E-state index is 12.4. The van der Waals surface area contributed by atoms with Gasteiger partial charge in [0.1, 0.15) is 6.54 Å². The molecule has 26 heavy (non-hydrogen) atoms. The van der Waals surface area contributed by atoms with Gasteiger partial charge in [-0.25, -0.2) is 0 Å². The van der Waals surface area contributed by atoms with Gasteiger partial charge in [-0.1, -0.05) is 47.5 Å². The Morgan fingerprint density at radius 1 is 1.08 bits per heavy atom. The van der Waals surface area contributed by atoms with E-state index in [4.69, 9.17) is 23.2 Å². The highest BCUT2D eigenvalue weighted by Crippen LogP contribution is 2.32. The lowest BCUT2D eigenvalue weighted by Gasteiger charge is -2.13. The third kappa shape index (κ3) is 4.27. The van der Waals surface area contributed by atoms with Gasteiger partial charge in [-0.2, -0.15) is 0 Å². The molecule has 8 heteroatoms. The Kier molecular flexibility index (Phi) is 5.66. The molecule has 0 aromatic heterocycles. The van der Waals surface area contributed by atoms with Gasteiger partial charge in [0.25, 0.3) is 11.1 Å². The summed E-state index contributed by atoms with van der Waals surface area (Å²) in [6.07, 6.45) is 1.59. The quantitative estimate of drug-likeness (QED) is 0.749. The van der Waals surface area contributed by atoms with Crippen LogP contribution in [0.15, 0.2) is 53.4 Å². The van der Waals surface area contributed by atoms with Crippen molar-refractivity contribution in [3.63, 3.8) is 0 Å². The molecule has 0 spiro atoms. The number of rotatable bonds is 4. The van der Waals surface area contributed by atoms with Crippen molar-refractivity contribution < 1.29 is 14.4 Å². The average Bonchev–Trinajstić information content (AvgIpc) is 2.86. The van der Waals surface area contributed by atoms with Crippen LogP contribution in [0.2, 0.25) is 10.0 Å². The average molecular weight is 407 g/mol. The smallest absolute Gasteiger partial charge is 0.294 e. The molecule has 1 aliphatic heterocycles. The molecule has 2 aromatic carbocycles. The molecule has 1 aliphatic rings. The second-order valence-corrected chi connectivity index (χ2v) is 7.18. The number of amides is 3. The molecule has 0 unspecified atom stereocenters. The zero-order chi connectivity index (χ0) is 18.7. The molecule has 0 bridgehead atoms. The first-order valence-corrected chi connectivity index (χ1v) is 9.06. The van der Waals surface area contributed by atoms with Gasteiger partial charge in [-0.05, 0) is 47.7 Å². The molecule has 1 saturated heterocycles. The Morgan fingerprint density at radius 3 is 2.46 bits per heavy atom. The van der Waals surface area contributed by atoms with E-state index in [0.29, 0.717) is 15.7 Å². The van der Waals surface area contributed by atoms with E-state index < -0.39 is 17.1 Å². The normalized spacial score (nSPS) is 15.6. The summed E-state index contributed by atoms with van der Waals surface area (Å²) in [4.78, 5) is 37.8. The molecule has 3 rings (SSSR count). The molecule has 5 nitrogen and oxygen atoms in total. The van der Waals surface area contributed by atoms with E-state index in [1.165, 1.54) is 0 Å². The summed E-state index contributed by atoms with van der Waals surface area (Å²) in [6.45, 7) is -0.381. The molecule has 1 heterocycles. The lowest BCUT2D eigenvalue weighted by Crippen LogP contribution is -2.36. The summed E-state index contributed by atoms with van der Waals surface area (Å²) < 4.78 is 0. The first kappa shape index (κ1) is 18.5. The fourth-order valence-corrected chi connectivity index (χ4v) is 3.39. The minimum Gasteiger partial charge on any atom is -0.323 e. The summed E-state index contributed by atoms with van der Waals surface area (Å²) >= 11 is 12.6. The van der Waals surface area contributed by atoms with E-state index in [2.05, 4.69) is 5.32 Å². The van der Waals surface area contributed by atoms with Crippen LogP contribution in [0, 0.1) is 0 Å². The summed E-state index contributed by atoms with van der Waals surface area (Å²) in [5, 5.41) is 3.04. The lowest BCUT2D eigenvalue weighted by atomic mass is 10.2. The molecule has 1 fully saturated rings. The number of halogens is 2. The molecule has 0 atom stereocenters. The number of hydrogen-bond acceptors (Lipinski definition) is 4. The van der Waals surface area contributed by atoms with Crippen molar-refractivity contribution in [2.75, 3.05) is 11.9 Å². The number of para-hydroxylation sites is 1. The Hall–Kier alpha value is -2.28. The van der Waals surface area contributed by atoms with Crippen molar-refractivity contribution >= 4 is 63.8 Å². The summed E-state index contributed by atoms with van der Waals surface area (Å²) in [5.74, 6) is -1.02. The summed E-state index contributed by atoms with van der Waals surface area (Å²) in [7, 11) is 0. The van der Waals surface area contributed by atoms with Gasteiger partial charge in [0.2, 0.25) is 5.91 Å². The standard InChI is InChI=1S/C18H12Cl2N2O3S/c19-12-7-5-11(6-8-12)9-15-17(24)22(18(25)26-15)10-16(23)21-14-4-2-1-3-13(14)20/h1-9H,10H2,(H,21,23)/b15-9-. The van der Waals surface area contributed by atoms with Crippen molar-refractivity contribution in [2.24, 2.45) is 0 Å². The van der Waals surface area contributed by atoms with E-state index in [9.17, 15) is 14.4 Å². The largest absolute Gasteiger partial charge is 0.323 e. The zero-order valence-corrected chi connectivity index (χ0v) is 15.6. The van der Waals surface area contributed by atoms with Crippen molar-refractivity contribution in [3.05, 3.63) is 69.0 Å². The molecular weight excluding hydrogens is 395 g/mol. The highest BCUT2D eigenvalue weighted by molar-refractivity contribution is 8.18. The Labute approximate surface area is 164 Å². The summed E-state index contributed by atoms with van der Waals surface area (Å²) in [5.41, 5.74) is 1.16. The Bertz CT molecular complexity index is 913. The van der Waals surface area contributed by atoms with Crippen LogP contribution >= 0.6 is 35.0 Å². The Morgan fingerprint density at radius 2 is 1.77 bits per heavy atom. The predicted molar refractivity (Wildman–Crippen MR) is 104 cm³/mol. The zero-order valence-electron chi connectivity index (χ0n) is 13.2. The minimum atomic E-state index is -0.510. The fraction of sp³-hybridized carbons (Fsp3) is 0.0556. The van der Waals surface area contributed by atoms with Gasteiger partial charge in [0.05, 0.1) is 15.6 Å². The van der Waals surface area contributed by atoms with Crippen molar-refractivity contribution in [3.8, 4) is 0 Å². The predicted octanol–water partition coefficient (Wildman–Crippen LogP) is 4.67. The highest BCUT2D eigenvalue weighted by atomic mass is 35.5. The van der Waals surface area contributed by atoms with Crippen LogP contribution in [0.25, 0.3) is 6.08 Å². The number of imide groups is 1. The van der Waals surface area contributed by atoms with Crippen LogP contribution < -0.4 is 5.32 Å². The van der Waals surface area contributed by atoms with Crippen LogP contribution in [0.3, 0.4) is 0 Å². The molecule has 1 N–H and O–H groups in total. The molecule has 0 saturated carbocycles. The molecular formula is C18H12Cl2N2O3S. The van der Waals surface area contributed by atoms with E-state index in [1.807, 2.05) is 0 Å². The second kappa shape index (κ2) is 7.95. The molecule has 0 aliphatic carbocycles. The van der Waals surface area contributed by atoms with Gasteiger partial charge >= 0.3 is 0 Å². The number of hydrogen-bond donors (Lipinski definition) is 1. The van der Waals surface area contributed by atoms with E-state index in [-0.39, 0.29) is 11.4 Å². The highest BCUT2D eigenvalue weighted by Gasteiger charge is 2.36. The molecule has 132 valence electrons. The van der Waals surface area contributed by atoms with Crippen LogP contribution in [-0.2, 0) is 9.59 Å². The van der Waals surface area contributed by atoms with Crippen molar-refractivity contribution in [1.82, 2.24) is 4.90 Å². The second-order valence-electron chi connectivity index (χ2n) is 5.35. The summed E-state index contributed by atoms with van der Waals surface area (Å²) in [6, 6.07) is 13.6. The van der Waals surface area contributed by atoms with E-state index in [1.54, 1.807) is 54.6 Å². The van der Waals surface area contributed by atoms with E-state index >= 15 is 0 Å². The molecule has 0 radical (unpaired) electrons. The molecule has 2 aromatic rings. The third-order valence-corrected chi connectivity index (χ3v) is 4.98. The fourth-order valence-electron chi connectivity index (χ4n) is 2.24. The van der Waals surface area contributed by atoms with Gasteiger partial charge in [-0.3, -0.25) is 19.3 Å². The van der Waals surface area contributed by atoms with Gasteiger partial charge in [-0.15, -0.1) is 0 Å². The van der Waals surface area contributed by atoms with Gasteiger partial charge < -0.3 is 5.32 Å². The molecule has 3 amide bonds. The van der Waals surface area contributed by atoms with Crippen LogP contribution in [0.4, 0.5) is 10.5 Å².